The Hall–Kier alpha value is -0.410. The van der Waals surface area contributed by atoms with Crippen molar-refractivity contribution in [3.63, 3.8) is 0 Å². The Morgan fingerprint density at radius 3 is 2.72 bits per heavy atom. The van der Waals surface area contributed by atoms with Gasteiger partial charge in [0.05, 0.1) is 6.04 Å². The van der Waals surface area contributed by atoms with Crippen LogP contribution in [0.15, 0.2) is 6.20 Å². The molecule has 0 saturated heterocycles. The molecule has 0 aliphatic heterocycles. The van der Waals surface area contributed by atoms with Gasteiger partial charge in [-0.05, 0) is 37.5 Å². The van der Waals surface area contributed by atoms with Crippen molar-refractivity contribution in [2.24, 2.45) is 11.3 Å². The van der Waals surface area contributed by atoms with Gasteiger partial charge in [-0.2, -0.15) is 0 Å². The molecule has 2 nitrogen and oxygen atoms in total. The minimum absolute atomic E-state index is 0.386. The predicted octanol–water partition coefficient (Wildman–Crippen LogP) is 4.18. The normalized spacial score (nSPS) is 28.5. The van der Waals surface area contributed by atoms with Crippen LogP contribution in [-0.4, -0.2) is 11.0 Å². The molecule has 0 aromatic carbocycles. The molecule has 3 atom stereocenters. The molecule has 1 aromatic heterocycles. The summed E-state index contributed by atoms with van der Waals surface area (Å²) in [5.41, 5.74) is 0.494. The highest BCUT2D eigenvalue weighted by atomic mass is 32.1. The maximum Gasteiger partial charge on any atom is 0.109 e. The first-order chi connectivity index (χ1) is 8.41. The van der Waals surface area contributed by atoms with E-state index in [0.717, 1.165) is 12.3 Å². The minimum Gasteiger partial charge on any atom is -0.305 e. The molecule has 1 N–H and O–H groups in total. The van der Waals surface area contributed by atoms with Crippen LogP contribution in [0.25, 0.3) is 0 Å². The van der Waals surface area contributed by atoms with Crippen LogP contribution in [0.5, 0.6) is 0 Å². The molecule has 3 heteroatoms. The largest absolute Gasteiger partial charge is 0.305 e. The number of nitrogens with zero attached hydrogens (tertiary/aromatic N) is 1. The summed E-state index contributed by atoms with van der Waals surface area (Å²) in [6.07, 6.45) is 5.73. The van der Waals surface area contributed by atoms with Crippen molar-refractivity contribution in [1.29, 1.82) is 0 Å². The summed E-state index contributed by atoms with van der Waals surface area (Å²) in [5, 5.41) is 5.03. The van der Waals surface area contributed by atoms with Crippen molar-refractivity contribution in [3.05, 3.63) is 16.1 Å². The van der Waals surface area contributed by atoms with Crippen LogP contribution in [0.4, 0.5) is 0 Å². The third kappa shape index (κ3) is 3.12. The van der Waals surface area contributed by atoms with E-state index in [1.165, 1.54) is 22.7 Å². The molecule has 1 aromatic rings. The Morgan fingerprint density at radius 2 is 2.22 bits per heavy atom. The number of hydrogen-bond donors (Lipinski definition) is 1. The zero-order valence-electron chi connectivity index (χ0n) is 12.3. The maximum atomic E-state index is 4.55. The predicted molar refractivity (Wildman–Crippen MR) is 79.0 cm³/mol. The molecular formula is C15H26N2S. The highest BCUT2D eigenvalue weighted by Crippen LogP contribution is 2.41. The van der Waals surface area contributed by atoms with Gasteiger partial charge in [-0.1, -0.05) is 27.7 Å². The van der Waals surface area contributed by atoms with Gasteiger partial charge in [0, 0.05) is 17.1 Å². The summed E-state index contributed by atoms with van der Waals surface area (Å²) >= 11 is 1.85. The molecule has 2 rings (SSSR count). The first-order valence-electron chi connectivity index (χ1n) is 7.12. The second kappa shape index (κ2) is 5.30. The van der Waals surface area contributed by atoms with Crippen molar-refractivity contribution in [2.75, 3.05) is 0 Å². The lowest BCUT2D eigenvalue weighted by molar-refractivity contribution is 0.356. The van der Waals surface area contributed by atoms with Crippen LogP contribution in [-0.2, 0) is 6.42 Å². The Kier molecular flexibility index (Phi) is 4.12. The van der Waals surface area contributed by atoms with Crippen molar-refractivity contribution in [1.82, 2.24) is 10.3 Å². The van der Waals surface area contributed by atoms with Crippen LogP contribution in [0, 0.1) is 11.3 Å². The van der Waals surface area contributed by atoms with Crippen LogP contribution in [0.1, 0.15) is 63.4 Å². The van der Waals surface area contributed by atoms with Gasteiger partial charge in [-0.15, -0.1) is 11.3 Å². The molecular weight excluding hydrogens is 240 g/mol. The van der Waals surface area contributed by atoms with Gasteiger partial charge in [0.1, 0.15) is 5.01 Å². The van der Waals surface area contributed by atoms with E-state index in [0.29, 0.717) is 17.5 Å². The molecule has 3 unspecified atom stereocenters. The first kappa shape index (κ1) is 14.0. The van der Waals surface area contributed by atoms with Crippen LogP contribution >= 0.6 is 11.3 Å². The average molecular weight is 266 g/mol. The molecule has 1 saturated carbocycles. The Bertz CT molecular complexity index is 397. The highest BCUT2D eigenvalue weighted by Gasteiger charge is 2.37. The number of rotatable bonds is 4. The number of aromatic nitrogens is 1. The van der Waals surface area contributed by atoms with Gasteiger partial charge in [0.2, 0.25) is 0 Å². The Morgan fingerprint density at radius 1 is 1.50 bits per heavy atom. The van der Waals surface area contributed by atoms with E-state index < -0.39 is 0 Å². The van der Waals surface area contributed by atoms with Crippen molar-refractivity contribution in [2.45, 2.75) is 66.0 Å². The average Bonchev–Trinajstić information content (AvgIpc) is 2.83. The third-order valence-corrected chi connectivity index (χ3v) is 5.41. The summed E-state index contributed by atoms with van der Waals surface area (Å²) < 4.78 is 0. The van der Waals surface area contributed by atoms with Gasteiger partial charge in [-0.25, -0.2) is 4.98 Å². The molecule has 102 valence electrons. The van der Waals surface area contributed by atoms with Gasteiger partial charge in [-0.3, -0.25) is 0 Å². The number of aryl methyl sites for hydroxylation is 1. The van der Waals surface area contributed by atoms with E-state index in [-0.39, 0.29) is 0 Å². The van der Waals surface area contributed by atoms with Gasteiger partial charge in [0.25, 0.3) is 0 Å². The molecule has 0 bridgehead atoms. The van der Waals surface area contributed by atoms with E-state index in [4.69, 9.17) is 0 Å². The fourth-order valence-electron chi connectivity index (χ4n) is 3.20. The molecule has 0 spiro atoms. The Labute approximate surface area is 115 Å². The number of hydrogen-bond acceptors (Lipinski definition) is 3. The lowest BCUT2D eigenvalue weighted by Gasteiger charge is -2.22. The SMILES string of the molecule is CCc1cnc(C(C)NC2CC(C)(C)CC2C)s1. The molecule has 0 radical (unpaired) electrons. The van der Waals surface area contributed by atoms with Crippen LogP contribution in [0.3, 0.4) is 0 Å². The number of thiazole rings is 1. The summed E-state index contributed by atoms with van der Waals surface area (Å²) in [4.78, 5) is 5.93. The molecule has 1 aliphatic carbocycles. The summed E-state index contributed by atoms with van der Waals surface area (Å²) in [5.74, 6) is 0.771. The van der Waals surface area contributed by atoms with E-state index >= 15 is 0 Å². The van der Waals surface area contributed by atoms with Crippen molar-refractivity contribution < 1.29 is 0 Å². The molecule has 1 fully saturated rings. The van der Waals surface area contributed by atoms with E-state index in [9.17, 15) is 0 Å². The highest BCUT2D eigenvalue weighted by molar-refractivity contribution is 7.11. The quantitative estimate of drug-likeness (QED) is 0.884. The summed E-state index contributed by atoms with van der Waals surface area (Å²) in [6.45, 7) is 11.6. The minimum atomic E-state index is 0.386. The molecule has 0 amide bonds. The van der Waals surface area contributed by atoms with E-state index in [1.807, 2.05) is 17.5 Å². The van der Waals surface area contributed by atoms with Gasteiger partial charge in [0.15, 0.2) is 0 Å². The Balaban J connectivity index is 1.97. The number of nitrogens with one attached hydrogen (secondary N) is 1. The standard InChI is InChI=1S/C15H26N2S/c1-6-12-9-16-14(18-12)11(3)17-13-8-15(4,5)7-10(13)2/h9-11,13,17H,6-8H2,1-5H3. The van der Waals surface area contributed by atoms with E-state index in [1.54, 1.807) is 0 Å². The van der Waals surface area contributed by atoms with Gasteiger partial charge < -0.3 is 5.32 Å². The van der Waals surface area contributed by atoms with Crippen molar-refractivity contribution >= 4 is 11.3 Å². The molecule has 18 heavy (non-hydrogen) atoms. The van der Waals surface area contributed by atoms with E-state index in [2.05, 4.69) is 44.9 Å². The zero-order chi connectivity index (χ0) is 13.3. The van der Waals surface area contributed by atoms with Crippen molar-refractivity contribution in [3.8, 4) is 0 Å². The first-order valence-corrected chi connectivity index (χ1v) is 7.93. The lowest BCUT2D eigenvalue weighted by Crippen LogP contribution is -2.33. The topological polar surface area (TPSA) is 24.9 Å². The second-order valence-corrected chi connectivity index (χ2v) is 7.71. The monoisotopic (exact) mass is 266 g/mol. The summed E-state index contributed by atoms with van der Waals surface area (Å²) in [6, 6.07) is 1.03. The second-order valence-electron chi connectivity index (χ2n) is 6.56. The lowest BCUT2D eigenvalue weighted by atomic mass is 9.91. The smallest absolute Gasteiger partial charge is 0.109 e. The maximum absolute atomic E-state index is 4.55. The zero-order valence-corrected chi connectivity index (χ0v) is 13.1. The van der Waals surface area contributed by atoms with Gasteiger partial charge >= 0.3 is 0 Å². The van der Waals surface area contributed by atoms with Crippen LogP contribution in [0.2, 0.25) is 0 Å². The fourth-order valence-corrected chi connectivity index (χ4v) is 4.06. The fraction of sp³-hybridized carbons (Fsp3) is 0.800. The molecule has 1 aliphatic rings. The molecule has 1 heterocycles. The summed E-state index contributed by atoms with van der Waals surface area (Å²) in [7, 11) is 0. The third-order valence-electron chi connectivity index (χ3n) is 4.09. The van der Waals surface area contributed by atoms with Crippen LogP contribution < -0.4 is 5.32 Å².